The van der Waals surface area contributed by atoms with E-state index in [2.05, 4.69) is 0 Å². The maximum atomic E-state index is 12.3. The Hall–Kier alpha value is -3.61. The van der Waals surface area contributed by atoms with Crippen molar-refractivity contribution in [1.82, 2.24) is 4.90 Å². The largest absolute Gasteiger partial charge is 0.450 e. The number of benzene rings is 2. The van der Waals surface area contributed by atoms with Gasteiger partial charge in [-0.3, -0.25) is 9.59 Å². The lowest BCUT2D eigenvalue weighted by Crippen LogP contribution is -2.31. The van der Waals surface area contributed by atoms with Gasteiger partial charge in [0.25, 0.3) is 5.91 Å². The Morgan fingerprint density at radius 2 is 1.70 bits per heavy atom. The van der Waals surface area contributed by atoms with Gasteiger partial charge in [0.15, 0.2) is 12.0 Å². The van der Waals surface area contributed by atoms with E-state index in [9.17, 15) is 14.4 Å². The predicted molar refractivity (Wildman–Crippen MR) is 115 cm³/mol. The molecule has 0 aliphatic rings. The van der Waals surface area contributed by atoms with Crippen LogP contribution < -0.4 is 10.3 Å². The number of rotatable bonds is 6. The average molecular weight is 408 g/mol. The van der Waals surface area contributed by atoms with Crippen LogP contribution >= 0.6 is 0 Å². The molecule has 3 aromatic rings. The summed E-state index contributed by atoms with van der Waals surface area (Å²) in [5, 5.41) is 0.391. The SMILES string of the molecule is Cc1ccc2oc(C(=O)OCC(=O)N(C)Cc3ccc(N(C)C)cc3)cc(=O)c2c1. The lowest BCUT2D eigenvalue weighted by atomic mass is 10.1. The molecule has 7 heteroatoms. The molecule has 0 atom stereocenters. The van der Waals surface area contributed by atoms with E-state index in [1.807, 2.05) is 50.2 Å². The third-order valence-electron chi connectivity index (χ3n) is 4.71. The van der Waals surface area contributed by atoms with Crippen LogP contribution in [0.1, 0.15) is 21.7 Å². The molecule has 0 unspecified atom stereocenters. The normalized spacial score (nSPS) is 10.7. The van der Waals surface area contributed by atoms with Gasteiger partial charge in [-0.05, 0) is 36.8 Å². The maximum absolute atomic E-state index is 12.3. The van der Waals surface area contributed by atoms with Gasteiger partial charge in [-0.1, -0.05) is 23.8 Å². The summed E-state index contributed by atoms with van der Waals surface area (Å²) in [5.74, 6) is -1.45. The molecule has 1 heterocycles. The van der Waals surface area contributed by atoms with Crippen molar-refractivity contribution in [3.63, 3.8) is 0 Å². The van der Waals surface area contributed by atoms with Gasteiger partial charge in [0.1, 0.15) is 5.58 Å². The quantitative estimate of drug-likeness (QED) is 0.584. The van der Waals surface area contributed by atoms with E-state index >= 15 is 0 Å². The first-order valence-electron chi connectivity index (χ1n) is 9.46. The maximum Gasteiger partial charge on any atom is 0.374 e. The predicted octanol–water partition coefficient (Wildman–Crippen LogP) is 2.98. The third kappa shape index (κ3) is 4.86. The monoisotopic (exact) mass is 408 g/mol. The topological polar surface area (TPSA) is 80.1 Å². The Morgan fingerprint density at radius 3 is 2.37 bits per heavy atom. The molecule has 7 nitrogen and oxygen atoms in total. The van der Waals surface area contributed by atoms with E-state index in [1.54, 1.807) is 25.2 Å². The summed E-state index contributed by atoms with van der Waals surface area (Å²) in [5.41, 5.74) is 2.89. The molecule has 0 spiro atoms. The molecule has 3 rings (SSSR count). The third-order valence-corrected chi connectivity index (χ3v) is 4.71. The standard InChI is InChI=1S/C23H24N2O5/c1-15-5-10-20-18(11-15)19(26)12-21(30-20)23(28)29-14-22(27)25(4)13-16-6-8-17(9-7-16)24(2)3/h5-12H,13-14H2,1-4H3. The average Bonchev–Trinajstić information content (AvgIpc) is 2.72. The van der Waals surface area contributed by atoms with Crippen molar-refractivity contribution < 1.29 is 18.7 Å². The van der Waals surface area contributed by atoms with Gasteiger partial charge in [-0.2, -0.15) is 0 Å². The summed E-state index contributed by atoms with van der Waals surface area (Å²) in [4.78, 5) is 40.3. The van der Waals surface area contributed by atoms with Gasteiger partial charge in [0.2, 0.25) is 5.76 Å². The van der Waals surface area contributed by atoms with Crippen molar-refractivity contribution in [3.05, 3.63) is 75.6 Å². The van der Waals surface area contributed by atoms with E-state index in [0.29, 0.717) is 17.5 Å². The van der Waals surface area contributed by atoms with Gasteiger partial charge >= 0.3 is 5.97 Å². The Kier molecular flexibility index (Phi) is 6.20. The summed E-state index contributed by atoms with van der Waals surface area (Å²) in [6, 6.07) is 14.0. The molecule has 156 valence electrons. The molecule has 2 aromatic carbocycles. The zero-order valence-electron chi connectivity index (χ0n) is 17.5. The van der Waals surface area contributed by atoms with Gasteiger partial charge in [0, 0.05) is 39.4 Å². The number of hydrogen-bond acceptors (Lipinski definition) is 6. The summed E-state index contributed by atoms with van der Waals surface area (Å²) >= 11 is 0. The van der Waals surface area contributed by atoms with Crippen LogP contribution in [0, 0.1) is 6.92 Å². The van der Waals surface area contributed by atoms with Crippen molar-refractivity contribution in [2.24, 2.45) is 0 Å². The Labute approximate surface area is 174 Å². The Balaban J connectivity index is 1.61. The molecule has 0 radical (unpaired) electrons. The van der Waals surface area contributed by atoms with Crippen molar-refractivity contribution in [1.29, 1.82) is 0 Å². The van der Waals surface area contributed by atoms with Crippen LogP contribution in [0.4, 0.5) is 5.69 Å². The van der Waals surface area contributed by atoms with E-state index in [1.165, 1.54) is 4.90 Å². The minimum Gasteiger partial charge on any atom is -0.450 e. The Morgan fingerprint density at radius 1 is 1.00 bits per heavy atom. The highest BCUT2D eigenvalue weighted by Crippen LogP contribution is 2.15. The molecule has 0 aliphatic heterocycles. The van der Waals surface area contributed by atoms with Gasteiger partial charge in [0.05, 0.1) is 5.39 Å². The van der Waals surface area contributed by atoms with Crippen LogP contribution in [-0.2, 0) is 16.1 Å². The van der Waals surface area contributed by atoms with Crippen LogP contribution in [0.3, 0.4) is 0 Å². The number of fused-ring (bicyclic) bond motifs is 1. The van der Waals surface area contributed by atoms with Crippen molar-refractivity contribution in [2.45, 2.75) is 13.5 Å². The van der Waals surface area contributed by atoms with E-state index in [-0.39, 0.29) is 17.1 Å². The van der Waals surface area contributed by atoms with Gasteiger partial charge < -0.3 is 19.0 Å². The number of hydrogen-bond donors (Lipinski definition) is 0. The highest BCUT2D eigenvalue weighted by Gasteiger charge is 2.17. The first-order chi connectivity index (χ1) is 14.2. The zero-order valence-corrected chi connectivity index (χ0v) is 17.5. The second-order valence-electron chi connectivity index (χ2n) is 7.36. The number of esters is 1. The Bertz CT molecular complexity index is 1130. The van der Waals surface area contributed by atoms with Crippen molar-refractivity contribution >= 4 is 28.5 Å². The van der Waals surface area contributed by atoms with Crippen LogP contribution in [0.2, 0.25) is 0 Å². The number of nitrogens with zero attached hydrogens (tertiary/aromatic N) is 2. The highest BCUT2D eigenvalue weighted by molar-refractivity contribution is 5.90. The first-order valence-corrected chi connectivity index (χ1v) is 9.46. The second kappa shape index (κ2) is 8.82. The number of aryl methyl sites for hydroxylation is 1. The molecule has 0 saturated heterocycles. The smallest absolute Gasteiger partial charge is 0.374 e. The van der Waals surface area contributed by atoms with E-state index in [4.69, 9.17) is 9.15 Å². The lowest BCUT2D eigenvalue weighted by Gasteiger charge is -2.18. The molecular formula is C23H24N2O5. The van der Waals surface area contributed by atoms with Crippen LogP contribution in [0.25, 0.3) is 11.0 Å². The van der Waals surface area contributed by atoms with Crippen molar-refractivity contribution in [2.75, 3.05) is 32.6 Å². The summed E-state index contributed by atoms with van der Waals surface area (Å²) in [6.07, 6.45) is 0. The number of ether oxygens (including phenoxy) is 1. The van der Waals surface area contributed by atoms with Crippen LogP contribution in [0.15, 0.2) is 57.7 Å². The lowest BCUT2D eigenvalue weighted by molar-refractivity contribution is -0.133. The fraction of sp³-hybridized carbons (Fsp3) is 0.261. The first kappa shape index (κ1) is 21.1. The highest BCUT2D eigenvalue weighted by atomic mass is 16.5. The molecule has 0 N–H and O–H groups in total. The molecule has 0 aliphatic carbocycles. The van der Waals surface area contributed by atoms with Crippen molar-refractivity contribution in [3.8, 4) is 0 Å². The van der Waals surface area contributed by atoms with E-state index in [0.717, 1.165) is 22.9 Å². The van der Waals surface area contributed by atoms with Gasteiger partial charge in [-0.25, -0.2) is 4.79 Å². The number of carbonyl (C=O) groups excluding carboxylic acids is 2. The van der Waals surface area contributed by atoms with Crippen LogP contribution in [0.5, 0.6) is 0 Å². The molecule has 1 amide bonds. The molecular weight excluding hydrogens is 384 g/mol. The molecule has 1 aromatic heterocycles. The molecule has 0 bridgehead atoms. The fourth-order valence-electron chi connectivity index (χ4n) is 2.94. The second-order valence-corrected chi connectivity index (χ2v) is 7.36. The van der Waals surface area contributed by atoms with E-state index < -0.39 is 12.6 Å². The minimum absolute atomic E-state index is 0.230. The number of likely N-dealkylation sites (N-methyl/N-ethyl adjacent to an activating group) is 1. The number of carbonyl (C=O) groups is 2. The van der Waals surface area contributed by atoms with Gasteiger partial charge in [-0.15, -0.1) is 0 Å². The zero-order chi connectivity index (χ0) is 21.8. The number of anilines is 1. The van der Waals surface area contributed by atoms with Crippen LogP contribution in [-0.4, -0.2) is 44.5 Å². The molecule has 0 saturated carbocycles. The number of amides is 1. The minimum atomic E-state index is -0.855. The molecule has 30 heavy (non-hydrogen) atoms. The summed E-state index contributed by atoms with van der Waals surface area (Å²) in [7, 11) is 5.55. The molecule has 0 fully saturated rings. The summed E-state index contributed by atoms with van der Waals surface area (Å²) in [6.45, 7) is 1.80. The fourth-order valence-corrected chi connectivity index (χ4v) is 2.94. The summed E-state index contributed by atoms with van der Waals surface area (Å²) < 4.78 is 10.5.